The molecule has 1 fully saturated rings. The third kappa shape index (κ3) is 4.29. The van der Waals surface area contributed by atoms with Crippen LogP contribution in [-0.4, -0.2) is 44.5 Å². The predicted octanol–water partition coefficient (Wildman–Crippen LogP) is 5.97. The summed E-state index contributed by atoms with van der Waals surface area (Å²) in [6.07, 6.45) is 6.35. The van der Waals surface area contributed by atoms with Gasteiger partial charge in [0.1, 0.15) is 0 Å². The van der Waals surface area contributed by atoms with Crippen molar-refractivity contribution in [3.8, 4) is 11.5 Å². The molecule has 172 valence electrons. The molecule has 3 aromatic rings. The van der Waals surface area contributed by atoms with E-state index in [1.165, 1.54) is 33.4 Å². The Morgan fingerprint density at radius 2 is 1.38 bits per heavy atom. The molecule has 0 bridgehead atoms. The summed E-state index contributed by atoms with van der Waals surface area (Å²) in [4.78, 5) is 15.2. The van der Waals surface area contributed by atoms with E-state index in [4.69, 9.17) is 9.47 Å². The molecule has 2 aliphatic rings. The van der Waals surface area contributed by atoms with Gasteiger partial charge in [0.25, 0.3) is 0 Å². The molecule has 1 saturated heterocycles. The molecule has 34 heavy (non-hydrogen) atoms. The van der Waals surface area contributed by atoms with Crippen LogP contribution in [0, 0.1) is 0 Å². The first-order valence-corrected chi connectivity index (χ1v) is 11.7. The molecule has 5 rings (SSSR count). The molecule has 3 aromatic carbocycles. The number of piperidine rings is 1. The molecule has 1 aliphatic carbocycles. The molecular formula is C30H29NO3. The maximum absolute atomic E-state index is 13.0. The van der Waals surface area contributed by atoms with Gasteiger partial charge in [0.15, 0.2) is 17.3 Å². The normalized spacial score (nSPS) is 15.4. The maximum Gasteiger partial charge on any atom is 0.176 e. The Kier molecular flexibility index (Phi) is 6.33. The van der Waals surface area contributed by atoms with Crippen LogP contribution in [0.2, 0.25) is 0 Å². The summed E-state index contributed by atoms with van der Waals surface area (Å²) >= 11 is 0. The Morgan fingerprint density at radius 1 is 0.794 bits per heavy atom. The monoisotopic (exact) mass is 451 g/mol. The van der Waals surface area contributed by atoms with Crippen molar-refractivity contribution in [2.24, 2.45) is 0 Å². The van der Waals surface area contributed by atoms with E-state index in [9.17, 15) is 4.79 Å². The zero-order valence-corrected chi connectivity index (χ0v) is 19.7. The van der Waals surface area contributed by atoms with E-state index >= 15 is 0 Å². The van der Waals surface area contributed by atoms with Gasteiger partial charge in [-0.25, -0.2) is 0 Å². The van der Waals surface area contributed by atoms with Crippen LogP contribution >= 0.6 is 0 Å². The second-order valence-corrected chi connectivity index (χ2v) is 8.76. The fourth-order valence-corrected chi connectivity index (χ4v) is 4.98. The van der Waals surface area contributed by atoms with Gasteiger partial charge in [-0.1, -0.05) is 66.3 Å². The number of ketones is 1. The number of likely N-dealkylation sites (tertiary alicyclic amines) is 1. The van der Waals surface area contributed by atoms with Crippen LogP contribution in [0.15, 0.2) is 72.3 Å². The fourth-order valence-electron chi connectivity index (χ4n) is 4.98. The van der Waals surface area contributed by atoms with Crippen LogP contribution in [0.5, 0.6) is 11.5 Å². The summed E-state index contributed by atoms with van der Waals surface area (Å²) in [7, 11) is 3.19. The second kappa shape index (κ2) is 9.70. The van der Waals surface area contributed by atoms with Gasteiger partial charge >= 0.3 is 0 Å². The average molecular weight is 452 g/mol. The van der Waals surface area contributed by atoms with E-state index in [1.54, 1.807) is 26.4 Å². The lowest BCUT2D eigenvalue weighted by Crippen LogP contribution is -2.35. The van der Waals surface area contributed by atoms with Crippen molar-refractivity contribution < 1.29 is 14.3 Å². The van der Waals surface area contributed by atoms with Crippen molar-refractivity contribution in [2.75, 3.05) is 33.9 Å². The quantitative estimate of drug-likeness (QED) is 0.351. The highest BCUT2D eigenvalue weighted by atomic mass is 16.5. The highest BCUT2D eigenvalue weighted by Crippen LogP contribution is 2.38. The van der Waals surface area contributed by atoms with Crippen LogP contribution in [0.3, 0.4) is 0 Å². The molecule has 1 heterocycles. The topological polar surface area (TPSA) is 38.8 Å². The number of nitrogens with zero attached hydrogens (tertiary/aromatic N) is 1. The molecule has 0 amide bonds. The molecule has 4 heteroatoms. The minimum absolute atomic E-state index is 0.103. The Balaban J connectivity index is 1.37. The standard InChI is InChI=1S/C30H29NO3/c1-33-28-14-13-24(19-29(28)34-2)27(32)20-31-17-15-23(16-18-31)30-25-9-5-3-7-21(25)11-12-22-8-4-6-10-26(22)30/h3-14,19H,15-18,20H2,1-2H3. The van der Waals surface area contributed by atoms with Gasteiger partial charge in [-0.3, -0.25) is 9.69 Å². The number of carbonyl (C=O) groups excluding carboxylic acids is 1. The van der Waals surface area contributed by atoms with Gasteiger partial charge in [-0.05, 0) is 58.9 Å². The van der Waals surface area contributed by atoms with Crippen LogP contribution in [0.1, 0.15) is 45.5 Å². The van der Waals surface area contributed by atoms with Gasteiger partial charge in [0.05, 0.1) is 20.8 Å². The maximum atomic E-state index is 13.0. The number of fused-ring (bicyclic) bond motifs is 2. The van der Waals surface area contributed by atoms with Crippen LogP contribution < -0.4 is 9.47 Å². The minimum Gasteiger partial charge on any atom is -0.493 e. The fraction of sp³-hybridized carbons (Fsp3) is 0.233. The predicted molar refractivity (Wildman–Crippen MR) is 137 cm³/mol. The van der Waals surface area contributed by atoms with Crippen molar-refractivity contribution in [3.05, 3.63) is 100 Å². The molecule has 0 N–H and O–H groups in total. The van der Waals surface area contributed by atoms with Crippen LogP contribution in [-0.2, 0) is 0 Å². The van der Waals surface area contributed by atoms with Crippen molar-refractivity contribution >= 4 is 23.5 Å². The molecule has 4 nitrogen and oxygen atoms in total. The Bertz CT molecular complexity index is 1230. The number of Topliss-reactive ketones (excluding diaryl/α,β-unsaturated/α-hetero) is 1. The molecule has 0 radical (unpaired) electrons. The molecule has 1 aliphatic heterocycles. The van der Waals surface area contributed by atoms with Gasteiger partial charge in [-0.2, -0.15) is 0 Å². The van der Waals surface area contributed by atoms with Crippen molar-refractivity contribution in [3.63, 3.8) is 0 Å². The number of rotatable bonds is 5. The number of methoxy groups -OCH3 is 2. The molecule has 0 unspecified atom stereocenters. The first-order valence-electron chi connectivity index (χ1n) is 11.7. The van der Waals surface area contributed by atoms with Crippen LogP contribution in [0.25, 0.3) is 17.7 Å². The number of ether oxygens (including phenoxy) is 2. The summed E-state index contributed by atoms with van der Waals surface area (Å²) in [6.45, 7) is 2.15. The lowest BCUT2D eigenvalue weighted by molar-refractivity contribution is 0.0924. The number of benzene rings is 3. The Labute approximate surface area is 201 Å². The van der Waals surface area contributed by atoms with E-state index in [2.05, 4.69) is 65.6 Å². The zero-order valence-electron chi connectivity index (χ0n) is 19.7. The summed E-state index contributed by atoms with van der Waals surface area (Å²) in [5, 5.41) is 0. The first kappa shape index (κ1) is 22.2. The largest absolute Gasteiger partial charge is 0.493 e. The van der Waals surface area contributed by atoms with E-state index in [-0.39, 0.29) is 5.78 Å². The molecule has 0 atom stereocenters. The minimum atomic E-state index is 0.103. The highest BCUT2D eigenvalue weighted by Gasteiger charge is 2.24. The molecule has 0 spiro atoms. The SMILES string of the molecule is COc1ccc(C(=O)CN2CCC(=C3c4ccccc4C=Cc4ccccc43)CC2)cc1OC. The lowest BCUT2D eigenvalue weighted by atomic mass is 9.86. The summed E-state index contributed by atoms with van der Waals surface area (Å²) in [5.74, 6) is 1.32. The zero-order chi connectivity index (χ0) is 23.5. The third-order valence-corrected chi connectivity index (χ3v) is 6.79. The average Bonchev–Trinajstić information content (AvgIpc) is 3.06. The summed E-state index contributed by atoms with van der Waals surface area (Å²) in [5.41, 5.74) is 8.60. The highest BCUT2D eigenvalue weighted by molar-refractivity contribution is 5.98. The van der Waals surface area contributed by atoms with Gasteiger partial charge in [-0.15, -0.1) is 0 Å². The van der Waals surface area contributed by atoms with Gasteiger partial charge in [0, 0.05) is 18.7 Å². The molecule has 0 saturated carbocycles. The van der Waals surface area contributed by atoms with E-state index in [1.807, 2.05) is 6.07 Å². The second-order valence-electron chi connectivity index (χ2n) is 8.76. The van der Waals surface area contributed by atoms with E-state index < -0.39 is 0 Å². The third-order valence-electron chi connectivity index (χ3n) is 6.79. The number of hydrogen-bond acceptors (Lipinski definition) is 4. The lowest BCUT2D eigenvalue weighted by Gasteiger charge is -2.30. The van der Waals surface area contributed by atoms with Gasteiger partial charge in [0.2, 0.25) is 0 Å². The van der Waals surface area contributed by atoms with Crippen molar-refractivity contribution in [1.29, 1.82) is 0 Å². The smallest absolute Gasteiger partial charge is 0.176 e. The molecule has 0 aromatic heterocycles. The van der Waals surface area contributed by atoms with Crippen molar-refractivity contribution in [1.82, 2.24) is 4.90 Å². The summed E-state index contributed by atoms with van der Waals surface area (Å²) in [6, 6.07) is 22.7. The summed E-state index contributed by atoms with van der Waals surface area (Å²) < 4.78 is 10.7. The molecular weight excluding hydrogens is 422 g/mol. The Hall–Kier alpha value is -3.63. The first-order chi connectivity index (χ1) is 16.7. The number of carbonyl (C=O) groups is 1. The van der Waals surface area contributed by atoms with Crippen molar-refractivity contribution in [2.45, 2.75) is 12.8 Å². The van der Waals surface area contributed by atoms with Crippen LogP contribution in [0.4, 0.5) is 0 Å². The van der Waals surface area contributed by atoms with E-state index in [0.717, 1.165) is 25.9 Å². The number of hydrogen-bond donors (Lipinski definition) is 0. The van der Waals surface area contributed by atoms with Gasteiger partial charge < -0.3 is 9.47 Å². The van der Waals surface area contributed by atoms with E-state index in [0.29, 0.717) is 23.6 Å². The Morgan fingerprint density at radius 3 is 1.97 bits per heavy atom.